The van der Waals surface area contributed by atoms with Gasteiger partial charge in [0.15, 0.2) is 4.77 Å². The van der Waals surface area contributed by atoms with E-state index in [-0.39, 0.29) is 20.4 Å². The van der Waals surface area contributed by atoms with Crippen LogP contribution in [-0.4, -0.2) is 18.4 Å². The summed E-state index contributed by atoms with van der Waals surface area (Å²) in [4.78, 5) is 6.38. The van der Waals surface area contributed by atoms with Crippen molar-refractivity contribution in [2.24, 2.45) is 0 Å². The molecule has 1 heterocycles. The topological polar surface area (TPSA) is 88.8 Å². The highest BCUT2D eigenvalue weighted by Gasteiger charge is 2.21. The number of anilines is 1. The van der Waals surface area contributed by atoms with Crippen LogP contribution in [0.25, 0.3) is 0 Å². The number of hydrogen-bond acceptors (Lipinski definition) is 5. The molecule has 0 unspecified atom stereocenters. The molecule has 0 spiro atoms. The Morgan fingerprint density at radius 2 is 1.89 bits per heavy atom. The molecule has 0 saturated heterocycles. The molecule has 0 aliphatic heterocycles. The standard InChI is InChI=1S/C11H11N3O2S2/c1-7-2-4-8(5-3-7)18(15,16)9-6-13-11(17)14-10(9)12/h2-6H,1H3,(H3,12,13,14,17). The van der Waals surface area contributed by atoms with Crippen LogP contribution in [0.3, 0.4) is 0 Å². The summed E-state index contributed by atoms with van der Waals surface area (Å²) < 4.78 is 24.8. The number of hydrogen-bond donors (Lipinski definition) is 2. The first-order valence-corrected chi connectivity index (χ1v) is 6.97. The quantitative estimate of drug-likeness (QED) is 0.820. The maximum Gasteiger partial charge on any atom is 0.211 e. The lowest BCUT2D eigenvalue weighted by Crippen LogP contribution is -2.08. The monoisotopic (exact) mass is 281 g/mol. The van der Waals surface area contributed by atoms with E-state index < -0.39 is 9.84 Å². The third kappa shape index (κ3) is 2.27. The third-order valence-electron chi connectivity index (χ3n) is 2.43. The smallest absolute Gasteiger partial charge is 0.211 e. The molecule has 0 aliphatic carbocycles. The largest absolute Gasteiger partial charge is 0.384 e. The van der Waals surface area contributed by atoms with Gasteiger partial charge >= 0.3 is 0 Å². The highest BCUT2D eigenvalue weighted by Crippen LogP contribution is 2.23. The molecule has 0 fully saturated rings. The summed E-state index contributed by atoms with van der Waals surface area (Å²) in [7, 11) is -3.67. The minimum Gasteiger partial charge on any atom is -0.384 e. The molecule has 94 valence electrons. The molecule has 2 rings (SSSR count). The predicted molar refractivity (Wildman–Crippen MR) is 70.5 cm³/mol. The van der Waals surface area contributed by atoms with E-state index in [1.54, 1.807) is 12.1 Å². The van der Waals surface area contributed by atoms with Gasteiger partial charge in [-0.2, -0.15) is 0 Å². The molecule has 0 bridgehead atoms. The number of rotatable bonds is 2. The summed E-state index contributed by atoms with van der Waals surface area (Å²) in [5, 5.41) is 0. The Kier molecular flexibility index (Phi) is 3.18. The Bertz CT molecular complexity index is 734. The average molecular weight is 281 g/mol. The van der Waals surface area contributed by atoms with Crippen LogP contribution in [0.2, 0.25) is 0 Å². The summed E-state index contributed by atoms with van der Waals surface area (Å²) in [6.45, 7) is 1.88. The van der Waals surface area contributed by atoms with Crippen molar-refractivity contribution in [2.45, 2.75) is 16.7 Å². The zero-order valence-electron chi connectivity index (χ0n) is 9.54. The van der Waals surface area contributed by atoms with Crippen molar-refractivity contribution in [1.82, 2.24) is 9.97 Å². The molecule has 5 nitrogen and oxygen atoms in total. The molecule has 0 amide bonds. The molecular weight excluding hydrogens is 270 g/mol. The van der Waals surface area contributed by atoms with E-state index in [0.717, 1.165) is 5.56 Å². The predicted octanol–water partition coefficient (Wildman–Crippen LogP) is 1.86. The lowest BCUT2D eigenvalue weighted by atomic mass is 10.2. The number of nitrogens with two attached hydrogens (primary N) is 1. The van der Waals surface area contributed by atoms with Crippen LogP contribution in [-0.2, 0) is 9.84 Å². The number of aryl methyl sites for hydroxylation is 1. The minimum atomic E-state index is -3.67. The second kappa shape index (κ2) is 4.51. The Morgan fingerprint density at radius 1 is 1.28 bits per heavy atom. The fourth-order valence-electron chi connectivity index (χ4n) is 1.45. The van der Waals surface area contributed by atoms with Crippen molar-refractivity contribution in [2.75, 3.05) is 5.73 Å². The van der Waals surface area contributed by atoms with Crippen molar-refractivity contribution in [3.63, 3.8) is 0 Å². The van der Waals surface area contributed by atoms with E-state index >= 15 is 0 Å². The van der Waals surface area contributed by atoms with Crippen molar-refractivity contribution in [3.05, 3.63) is 40.8 Å². The third-order valence-corrected chi connectivity index (χ3v) is 4.43. The van der Waals surface area contributed by atoms with E-state index in [9.17, 15) is 8.42 Å². The molecule has 18 heavy (non-hydrogen) atoms. The fraction of sp³-hybridized carbons (Fsp3) is 0.0909. The SMILES string of the molecule is Cc1ccc(S(=O)(=O)c2cnc(=S)[nH]c2N)cc1. The molecule has 1 aromatic heterocycles. The van der Waals surface area contributed by atoms with E-state index in [1.807, 2.05) is 6.92 Å². The Hall–Kier alpha value is -1.73. The van der Waals surface area contributed by atoms with Gasteiger partial charge in [0.2, 0.25) is 9.84 Å². The fourth-order valence-corrected chi connectivity index (χ4v) is 2.90. The Labute approximate surface area is 110 Å². The van der Waals surface area contributed by atoms with E-state index in [0.29, 0.717) is 0 Å². The van der Waals surface area contributed by atoms with Gasteiger partial charge in [0.25, 0.3) is 0 Å². The van der Waals surface area contributed by atoms with E-state index in [4.69, 9.17) is 18.0 Å². The van der Waals surface area contributed by atoms with Gasteiger partial charge in [-0.1, -0.05) is 17.7 Å². The molecular formula is C11H11N3O2S2. The number of H-pyrrole nitrogens is 1. The molecule has 7 heteroatoms. The van der Waals surface area contributed by atoms with Crippen molar-refractivity contribution in [1.29, 1.82) is 0 Å². The van der Waals surface area contributed by atoms with Crippen molar-refractivity contribution < 1.29 is 8.42 Å². The van der Waals surface area contributed by atoms with Crippen LogP contribution in [0.15, 0.2) is 40.3 Å². The van der Waals surface area contributed by atoms with Crippen molar-refractivity contribution >= 4 is 27.9 Å². The first kappa shape index (κ1) is 12.7. The maximum atomic E-state index is 12.3. The van der Waals surface area contributed by atoms with Crippen LogP contribution < -0.4 is 5.73 Å². The normalized spacial score (nSPS) is 11.4. The Balaban J connectivity index is 2.61. The van der Waals surface area contributed by atoms with E-state index in [1.165, 1.54) is 18.3 Å². The minimum absolute atomic E-state index is 0.00410. The van der Waals surface area contributed by atoms with Gasteiger partial charge in [0, 0.05) is 0 Å². The summed E-state index contributed by atoms with van der Waals surface area (Å²) >= 11 is 4.77. The zero-order chi connectivity index (χ0) is 13.3. The van der Waals surface area contributed by atoms with Crippen LogP contribution >= 0.6 is 12.2 Å². The maximum absolute atomic E-state index is 12.3. The van der Waals surface area contributed by atoms with Crippen LogP contribution in [0, 0.1) is 11.7 Å². The second-order valence-corrected chi connectivity index (χ2v) is 6.09. The number of aromatic nitrogens is 2. The number of nitrogen functional groups attached to an aromatic ring is 1. The number of nitrogens with zero attached hydrogens (tertiary/aromatic N) is 1. The van der Waals surface area contributed by atoms with Gasteiger partial charge in [-0.3, -0.25) is 0 Å². The molecule has 1 aromatic carbocycles. The molecule has 2 aromatic rings. The zero-order valence-corrected chi connectivity index (χ0v) is 11.2. The van der Waals surface area contributed by atoms with Crippen LogP contribution in [0.5, 0.6) is 0 Å². The first-order chi connectivity index (χ1) is 8.41. The van der Waals surface area contributed by atoms with Gasteiger partial charge in [-0.15, -0.1) is 0 Å². The van der Waals surface area contributed by atoms with E-state index in [2.05, 4.69) is 9.97 Å². The summed E-state index contributed by atoms with van der Waals surface area (Å²) in [6.07, 6.45) is 1.17. The van der Waals surface area contributed by atoms with Crippen LogP contribution in [0.1, 0.15) is 5.56 Å². The van der Waals surface area contributed by atoms with Gasteiger partial charge in [0.05, 0.1) is 11.1 Å². The van der Waals surface area contributed by atoms with Crippen LogP contribution in [0.4, 0.5) is 5.82 Å². The Morgan fingerprint density at radius 3 is 2.44 bits per heavy atom. The number of sulfone groups is 1. The van der Waals surface area contributed by atoms with Gasteiger partial charge < -0.3 is 10.7 Å². The molecule has 3 N–H and O–H groups in total. The second-order valence-electron chi connectivity index (χ2n) is 3.78. The molecule has 0 radical (unpaired) electrons. The number of aromatic amines is 1. The molecule has 0 aliphatic rings. The summed E-state index contributed by atoms with van der Waals surface area (Å²) in [5.74, 6) is -0.00410. The lowest BCUT2D eigenvalue weighted by Gasteiger charge is -2.06. The van der Waals surface area contributed by atoms with Crippen molar-refractivity contribution in [3.8, 4) is 0 Å². The summed E-state index contributed by atoms with van der Waals surface area (Å²) in [6, 6.07) is 6.51. The van der Waals surface area contributed by atoms with Gasteiger partial charge in [-0.05, 0) is 31.3 Å². The summed E-state index contributed by atoms with van der Waals surface area (Å²) in [5.41, 5.74) is 6.61. The number of benzene rings is 1. The van der Waals surface area contributed by atoms with Gasteiger partial charge in [-0.25, -0.2) is 13.4 Å². The average Bonchev–Trinajstić information content (AvgIpc) is 2.29. The number of nitrogens with one attached hydrogen (secondary N) is 1. The highest BCUT2D eigenvalue weighted by molar-refractivity contribution is 7.91. The van der Waals surface area contributed by atoms with Gasteiger partial charge in [0.1, 0.15) is 10.7 Å². The first-order valence-electron chi connectivity index (χ1n) is 5.08. The molecule has 0 saturated carbocycles. The molecule has 0 atom stereocenters. The highest BCUT2D eigenvalue weighted by atomic mass is 32.2. The lowest BCUT2D eigenvalue weighted by molar-refractivity contribution is 0.595.